The van der Waals surface area contributed by atoms with E-state index in [0.717, 1.165) is 11.1 Å². The molecule has 130 valence electrons. The van der Waals surface area contributed by atoms with Crippen LogP contribution >= 0.6 is 0 Å². The van der Waals surface area contributed by atoms with Gasteiger partial charge in [-0.25, -0.2) is 9.78 Å². The second-order valence-corrected chi connectivity index (χ2v) is 5.91. The number of fused-ring (bicyclic) bond motifs is 1. The number of hydrogen-bond acceptors (Lipinski definition) is 5. The van der Waals surface area contributed by atoms with Crippen LogP contribution in [0.1, 0.15) is 30.0 Å². The third kappa shape index (κ3) is 3.97. The Kier molecular flexibility index (Phi) is 5.00. The number of carbonyl (C=O) groups is 1. The molecule has 25 heavy (non-hydrogen) atoms. The van der Waals surface area contributed by atoms with Crippen LogP contribution in [0.4, 0.5) is 4.79 Å². The van der Waals surface area contributed by atoms with Crippen molar-refractivity contribution in [1.29, 1.82) is 0 Å². The Morgan fingerprint density at radius 1 is 1.24 bits per heavy atom. The van der Waals surface area contributed by atoms with Gasteiger partial charge < -0.3 is 19.6 Å². The second-order valence-electron chi connectivity index (χ2n) is 5.91. The first-order valence-electron chi connectivity index (χ1n) is 8.06. The third-order valence-corrected chi connectivity index (χ3v) is 3.91. The number of aliphatic hydroxyl groups is 1. The van der Waals surface area contributed by atoms with Crippen molar-refractivity contribution < 1.29 is 19.1 Å². The number of amides is 1. The van der Waals surface area contributed by atoms with Crippen LogP contribution < -0.4 is 5.32 Å². The van der Waals surface area contributed by atoms with Crippen molar-refractivity contribution >= 4 is 17.2 Å². The Balaban J connectivity index is 1.60. The number of aromatic nitrogens is 1. The Hall–Kier alpha value is -2.86. The maximum atomic E-state index is 11.9. The van der Waals surface area contributed by atoms with Crippen LogP contribution in [0.2, 0.25) is 0 Å². The molecule has 2 N–H and O–H groups in total. The van der Waals surface area contributed by atoms with Gasteiger partial charge in [-0.3, -0.25) is 0 Å². The van der Waals surface area contributed by atoms with Crippen molar-refractivity contribution in [3.63, 3.8) is 0 Å². The highest BCUT2D eigenvalue weighted by molar-refractivity contribution is 5.76. The van der Waals surface area contributed by atoms with E-state index in [0.29, 0.717) is 11.1 Å². The summed E-state index contributed by atoms with van der Waals surface area (Å²) in [6, 6.07) is 14.4. The number of nitrogens with zero attached hydrogens (tertiary/aromatic N) is 1. The molecular weight excluding hydrogens is 320 g/mol. The van der Waals surface area contributed by atoms with Crippen LogP contribution in [0.3, 0.4) is 0 Å². The summed E-state index contributed by atoms with van der Waals surface area (Å²) in [5, 5.41) is 13.0. The molecule has 2 aromatic carbocycles. The number of aryl methyl sites for hydroxylation is 1. The van der Waals surface area contributed by atoms with Gasteiger partial charge in [0.2, 0.25) is 5.89 Å². The number of para-hydroxylation sites is 1. The normalized spacial score (nSPS) is 13.4. The van der Waals surface area contributed by atoms with E-state index in [1.807, 2.05) is 55.5 Å². The number of oxazole rings is 1. The van der Waals surface area contributed by atoms with Gasteiger partial charge in [0.25, 0.3) is 0 Å². The van der Waals surface area contributed by atoms with E-state index in [2.05, 4.69) is 10.3 Å². The number of hydrogen-bond donors (Lipinski definition) is 2. The summed E-state index contributed by atoms with van der Waals surface area (Å²) in [5.74, 6) is 0.167. The number of carbonyl (C=O) groups excluding carboxylic acids is 1. The largest absolute Gasteiger partial charge is 0.445 e. The van der Waals surface area contributed by atoms with E-state index in [1.165, 1.54) is 0 Å². The SMILES string of the molecule is Cc1cccc2nc(C(O)[C@H](C)NC(=O)OCc3ccccc3)oc12. The molecule has 6 heteroatoms. The first-order valence-corrected chi connectivity index (χ1v) is 8.06. The lowest BCUT2D eigenvalue weighted by molar-refractivity contribution is 0.0919. The molecule has 2 atom stereocenters. The Bertz CT molecular complexity index is 860. The standard InChI is InChI=1S/C19H20N2O4/c1-12-7-6-10-15-17(12)25-18(21-15)16(22)13(2)20-19(23)24-11-14-8-4-3-5-9-14/h3-10,13,16,22H,11H2,1-2H3,(H,20,23)/t13-,16?/m0/s1. The van der Waals surface area contributed by atoms with Crippen molar-refractivity contribution in [3.05, 3.63) is 65.5 Å². The minimum absolute atomic E-state index is 0.164. The van der Waals surface area contributed by atoms with Crippen LogP contribution in [0, 0.1) is 6.92 Å². The van der Waals surface area contributed by atoms with Gasteiger partial charge in [-0.1, -0.05) is 42.5 Å². The van der Waals surface area contributed by atoms with E-state index in [1.54, 1.807) is 6.92 Å². The van der Waals surface area contributed by atoms with Crippen molar-refractivity contribution in [1.82, 2.24) is 10.3 Å². The van der Waals surface area contributed by atoms with Crippen LogP contribution in [0.25, 0.3) is 11.1 Å². The van der Waals surface area contributed by atoms with E-state index in [-0.39, 0.29) is 12.5 Å². The fourth-order valence-electron chi connectivity index (χ4n) is 2.47. The summed E-state index contributed by atoms with van der Waals surface area (Å²) in [7, 11) is 0. The summed E-state index contributed by atoms with van der Waals surface area (Å²) in [4.78, 5) is 16.2. The van der Waals surface area contributed by atoms with Crippen molar-refractivity contribution in [2.75, 3.05) is 0 Å². The number of nitrogens with one attached hydrogen (secondary N) is 1. The van der Waals surface area contributed by atoms with Crippen LogP contribution in [-0.4, -0.2) is 22.2 Å². The lowest BCUT2D eigenvalue weighted by atomic mass is 10.2. The molecule has 0 aliphatic rings. The van der Waals surface area contributed by atoms with Gasteiger partial charge >= 0.3 is 6.09 Å². The average Bonchev–Trinajstić information content (AvgIpc) is 3.06. The highest BCUT2D eigenvalue weighted by atomic mass is 16.5. The number of aliphatic hydroxyl groups excluding tert-OH is 1. The molecule has 0 saturated carbocycles. The molecular formula is C19H20N2O4. The molecule has 0 saturated heterocycles. The fourth-order valence-corrected chi connectivity index (χ4v) is 2.47. The van der Waals surface area contributed by atoms with Gasteiger partial charge in [-0.15, -0.1) is 0 Å². The summed E-state index contributed by atoms with van der Waals surface area (Å²) < 4.78 is 10.8. The maximum Gasteiger partial charge on any atom is 0.407 e. The molecule has 0 aliphatic carbocycles. The Morgan fingerprint density at radius 3 is 2.72 bits per heavy atom. The zero-order valence-electron chi connectivity index (χ0n) is 14.1. The maximum absolute atomic E-state index is 11.9. The number of alkyl carbamates (subject to hydrolysis) is 1. The fraction of sp³-hybridized carbons (Fsp3) is 0.263. The van der Waals surface area contributed by atoms with Gasteiger partial charge in [0.05, 0.1) is 6.04 Å². The summed E-state index contributed by atoms with van der Waals surface area (Å²) in [6.45, 7) is 3.74. The van der Waals surface area contributed by atoms with E-state index < -0.39 is 18.2 Å². The third-order valence-electron chi connectivity index (χ3n) is 3.91. The van der Waals surface area contributed by atoms with Gasteiger partial charge in [0.15, 0.2) is 5.58 Å². The zero-order chi connectivity index (χ0) is 17.8. The Morgan fingerprint density at radius 2 is 2.00 bits per heavy atom. The molecule has 0 radical (unpaired) electrons. The van der Waals surface area contributed by atoms with Crippen LogP contribution in [0.15, 0.2) is 52.9 Å². The second kappa shape index (κ2) is 7.36. The zero-order valence-corrected chi connectivity index (χ0v) is 14.1. The average molecular weight is 340 g/mol. The highest BCUT2D eigenvalue weighted by Crippen LogP contribution is 2.24. The van der Waals surface area contributed by atoms with Gasteiger partial charge in [-0.05, 0) is 31.0 Å². The monoisotopic (exact) mass is 340 g/mol. The lowest BCUT2D eigenvalue weighted by Gasteiger charge is -2.17. The van der Waals surface area contributed by atoms with Crippen molar-refractivity contribution in [2.45, 2.75) is 32.6 Å². The first kappa shape index (κ1) is 17.0. The van der Waals surface area contributed by atoms with E-state index in [9.17, 15) is 9.90 Å². The van der Waals surface area contributed by atoms with E-state index in [4.69, 9.17) is 9.15 Å². The topological polar surface area (TPSA) is 84.6 Å². The van der Waals surface area contributed by atoms with Crippen LogP contribution in [-0.2, 0) is 11.3 Å². The minimum Gasteiger partial charge on any atom is -0.445 e. The molecule has 0 fully saturated rings. The number of benzene rings is 2. The molecule has 1 amide bonds. The molecule has 0 aliphatic heterocycles. The summed E-state index contributed by atoms with van der Waals surface area (Å²) in [6.07, 6.45) is -1.68. The van der Waals surface area contributed by atoms with Crippen LogP contribution in [0.5, 0.6) is 0 Å². The Labute approximate surface area is 145 Å². The molecule has 3 rings (SSSR count). The number of ether oxygens (including phenoxy) is 1. The van der Waals surface area contributed by atoms with Crippen molar-refractivity contribution in [3.8, 4) is 0 Å². The molecule has 1 aromatic heterocycles. The van der Waals surface area contributed by atoms with Crippen molar-refractivity contribution in [2.24, 2.45) is 0 Å². The van der Waals surface area contributed by atoms with Gasteiger partial charge in [0, 0.05) is 0 Å². The highest BCUT2D eigenvalue weighted by Gasteiger charge is 2.24. The predicted octanol–water partition coefficient (Wildman–Crippen LogP) is 3.48. The molecule has 1 heterocycles. The van der Waals surface area contributed by atoms with Gasteiger partial charge in [0.1, 0.15) is 18.2 Å². The predicted molar refractivity (Wildman–Crippen MR) is 92.9 cm³/mol. The van der Waals surface area contributed by atoms with Gasteiger partial charge in [-0.2, -0.15) is 0 Å². The minimum atomic E-state index is -1.07. The molecule has 1 unspecified atom stereocenters. The number of rotatable bonds is 5. The summed E-state index contributed by atoms with van der Waals surface area (Å²) in [5.41, 5.74) is 3.13. The molecule has 6 nitrogen and oxygen atoms in total. The summed E-state index contributed by atoms with van der Waals surface area (Å²) >= 11 is 0. The lowest BCUT2D eigenvalue weighted by Crippen LogP contribution is -2.37. The smallest absolute Gasteiger partial charge is 0.407 e. The van der Waals surface area contributed by atoms with E-state index >= 15 is 0 Å². The first-order chi connectivity index (χ1) is 12.0. The molecule has 3 aromatic rings. The quantitative estimate of drug-likeness (QED) is 0.743. The molecule has 0 spiro atoms. The molecule has 0 bridgehead atoms.